The SMILES string of the molecule is O=C(Cc1ccccc1Cl)NCC(c1ccccc1)c1c[nH]c2ccccc12. The number of hydrogen-bond donors (Lipinski definition) is 2. The van der Waals surface area contributed by atoms with Crippen LogP contribution in [-0.2, 0) is 11.2 Å². The van der Waals surface area contributed by atoms with Crippen LogP contribution in [0.25, 0.3) is 10.9 Å². The first-order valence-electron chi connectivity index (χ1n) is 9.33. The Morgan fingerprint density at radius 2 is 1.64 bits per heavy atom. The van der Waals surface area contributed by atoms with Crippen LogP contribution in [0, 0.1) is 0 Å². The summed E-state index contributed by atoms with van der Waals surface area (Å²) < 4.78 is 0. The molecule has 1 amide bonds. The molecule has 1 aromatic heterocycles. The zero-order valence-electron chi connectivity index (χ0n) is 15.4. The molecule has 1 heterocycles. The van der Waals surface area contributed by atoms with Crippen LogP contribution in [0.4, 0.5) is 0 Å². The number of aromatic amines is 1. The zero-order chi connectivity index (χ0) is 19.3. The fourth-order valence-electron chi connectivity index (χ4n) is 3.57. The van der Waals surface area contributed by atoms with Gasteiger partial charge in [-0.1, -0.05) is 78.3 Å². The quantitative estimate of drug-likeness (QED) is 0.461. The summed E-state index contributed by atoms with van der Waals surface area (Å²) in [6, 6.07) is 26.0. The van der Waals surface area contributed by atoms with Gasteiger partial charge in [-0.05, 0) is 28.8 Å². The van der Waals surface area contributed by atoms with E-state index in [-0.39, 0.29) is 18.2 Å². The molecule has 2 N–H and O–H groups in total. The molecule has 0 saturated heterocycles. The van der Waals surface area contributed by atoms with Gasteiger partial charge in [-0.25, -0.2) is 0 Å². The number of nitrogens with one attached hydrogen (secondary N) is 2. The molecule has 0 spiro atoms. The van der Waals surface area contributed by atoms with Gasteiger partial charge in [-0.2, -0.15) is 0 Å². The smallest absolute Gasteiger partial charge is 0.224 e. The topological polar surface area (TPSA) is 44.9 Å². The van der Waals surface area contributed by atoms with E-state index in [4.69, 9.17) is 11.6 Å². The molecule has 0 saturated carbocycles. The summed E-state index contributed by atoms with van der Waals surface area (Å²) in [5.41, 5.74) is 4.29. The molecule has 1 unspecified atom stereocenters. The fourth-order valence-corrected chi connectivity index (χ4v) is 3.77. The van der Waals surface area contributed by atoms with Gasteiger partial charge in [0.2, 0.25) is 5.91 Å². The number of amides is 1. The number of halogens is 1. The molecule has 0 aliphatic carbocycles. The minimum Gasteiger partial charge on any atom is -0.361 e. The van der Waals surface area contributed by atoms with Crippen molar-refractivity contribution in [3.63, 3.8) is 0 Å². The number of fused-ring (bicyclic) bond motifs is 1. The molecule has 0 aliphatic rings. The van der Waals surface area contributed by atoms with Gasteiger partial charge in [0.1, 0.15) is 0 Å². The molecule has 4 rings (SSSR count). The predicted octanol–water partition coefficient (Wildman–Crippen LogP) is 5.31. The minimum atomic E-state index is -0.0335. The van der Waals surface area contributed by atoms with Gasteiger partial charge in [0, 0.05) is 34.6 Å². The molecule has 140 valence electrons. The van der Waals surface area contributed by atoms with Gasteiger partial charge >= 0.3 is 0 Å². The highest BCUT2D eigenvalue weighted by Gasteiger charge is 2.19. The number of carbonyl (C=O) groups is 1. The van der Waals surface area contributed by atoms with Gasteiger partial charge in [0.05, 0.1) is 6.42 Å². The van der Waals surface area contributed by atoms with Crippen LogP contribution in [0.3, 0.4) is 0 Å². The van der Waals surface area contributed by atoms with Crippen LogP contribution in [0.2, 0.25) is 5.02 Å². The molecule has 4 aromatic rings. The van der Waals surface area contributed by atoms with Crippen molar-refractivity contribution in [2.24, 2.45) is 0 Å². The monoisotopic (exact) mass is 388 g/mol. The number of hydrogen-bond acceptors (Lipinski definition) is 1. The third kappa shape index (κ3) is 3.95. The third-order valence-corrected chi connectivity index (χ3v) is 5.38. The Kier molecular flexibility index (Phi) is 5.45. The van der Waals surface area contributed by atoms with E-state index < -0.39 is 0 Å². The van der Waals surface area contributed by atoms with E-state index in [0.717, 1.165) is 11.1 Å². The number of para-hydroxylation sites is 1. The number of H-pyrrole nitrogens is 1. The van der Waals surface area contributed by atoms with Crippen molar-refractivity contribution in [2.45, 2.75) is 12.3 Å². The van der Waals surface area contributed by atoms with Crippen LogP contribution in [0.1, 0.15) is 22.6 Å². The predicted molar refractivity (Wildman–Crippen MR) is 115 cm³/mol. The Labute approximate surface area is 169 Å². The van der Waals surface area contributed by atoms with E-state index in [1.54, 1.807) is 0 Å². The van der Waals surface area contributed by atoms with Gasteiger partial charge in [-0.3, -0.25) is 4.79 Å². The molecule has 0 aliphatic heterocycles. The van der Waals surface area contributed by atoms with Crippen molar-refractivity contribution < 1.29 is 4.79 Å². The third-order valence-electron chi connectivity index (χ3n) is 5.01. The van der Waals surface area contributed by atoms with E-state index in [1.807, 2.05) is 60.8 Å². The summed E-state index contributed by atoms with van der Waals surface area (Å²) >= 11 is 6.19. The van der Waals surface area contributed by atoms with E-state index in [9.17, 15) is 4.79 Å². The Morgan fingerprint density at radius 3 is 2.46 bits per heavy atom. The molecular weight excluding hydrogens is 368 g/mol. The Morgan fingerprint density at radius 1 is 0.929 bits per heavy atom. The van der Waals surface area contributed by atoms with Crippen LogP contribution >= 0.6 is 11.6 Å². The highest BCUT2D eigenvalue weighted by atomic mass is 35.5. The molecule has 0 radical (unpaired) electrons. The maximum absolute atomic E-state index is 12.6. The highest BCUT2D eigenvalue weighted by molar-refractivity contribution is 6.31. The van der Waals surface area contributed by atoms with E-state index in [0.29, 0.717) is 11.6 Å². The van der Waals surface area contributed by atoms with Crippen LogP contribution in [-0.4, -0.2) is 17.4 Å². The van der Waals surface area contributed by atoms with Crippen LogP contribution in [0.15, 0.2) is 85.1 Å². The standard InChI is InChI=1S/C24H21ClN2O/c25-22-12-6-4-10-18(22)14-24(28)27-15-20(17-8-2-1-3-9-17)21-16-26-23-13-7-5-11-19(21)23/h1-13,16,20,26H,14-15H2,(H,27,28). The summed E-state index contributed by atoms with van der Waals surface area (Å²) in [6.07, 6.45) is 2.32. The lowest BCUT2D eigenvalue weighted by Gasteiger charge is -2.18. The molecule has 1 atom stereocenters. The van der Waals surface area contributed by atoms with E-state index in [1.165, 1.54) is 16.5 Å². The number of carbonyl (C=O) groups excluding carboxylic acids is 1. The second-order valence-corrected chi connectivity index (χ2v) is 7.23. The van der Waals surface area contributed by atoms with Gasteiger partial charge in [0.15, 0.2) is 0 Å². The van der Waals surface area contributed by atoms with Crippen molar-refractivity contribution in [3.8, 4) is 0 Å². The van der Waals surface area contributed by atoms with Crippen molar-refractivity contribution in [1.29, 1.82) is 0 Å². The molecular formula is C24H21ClN2O. The van der Waals surface area contributed by atoms with Crippen LogP contribution in [0.5, 0.6) is 0 Å². The number of benzene rings is 3. The fraction of sp³-hybridized carbons (Fsp3) is 0.125. The Balaban J connectivity index is 1.57. The highest BCUT2D eigenvalue weighted by Crippen LogP contribution is 2.30. The normalized spacial score (nSPS) is 12.0. The second kappa shape index (κ2) is 8.32. The molecule has 3 nitrogen and oxygen atoms in total. The lowest BCUT2D eigenvalue weighted by Crippen LogP contribution is -2.30. The zero-order valence-corrected chi connectivity index (χ0v) is 16.1. The second-order valence-electron chi connectivity index (χ2n) is 6.83. The number of aromatic nitrogens is 1. The molecule has 28 heavy (non-hydrogen) atoms. The number of rotatable bonds is 6. The average Bonchev–Trinajstić information content (AvgIpc) is 3.15. The molecule has 3 aromatic carbocycles. The van der Waals surface area contributed by atoms with Gasteiger partial charge in [0.25, 0.3) is 0 Å². The maximum Gasteiger partial charge on any atom is 0.224 e. The van der Waals surface area contributed by atoms with Crippen molar-refractivity contribution in [1.82, 2.24) is 10.3 Å². The molecule has 4 heteroatoms. The van der Waals surface area contributed by atoms with Crippen molar-refractivity contribution in [3.05, 3.63) is 107 Å². The summed E-state index contributed by atoms with van der Waals surface area (Å²) in [5.74, 6) is 0.0291. The van der Waals surface area contributed by atoms with Crippen LogP contribution < -0.4 is 5.32 Å². The van der Waals surface area contributed by atoms with E-state index >= 15 is 0 Å². The average molecular weight is 389 g/mol. The lowest BCUT2D eigenvalue weighted by atomic mass is 9.91. The minimum absolute atomic E-state index is 0.0335. The first-order valence-corrected chi connectivity index (χ1v) is 9.71. The first kappa shape index (κ1) is 18.3. The summed E-state index contributed by atoms with van der Waals surface area (Å²) in [6.45, 7) is 0.523. The summed E-state index contributed by atoms with van der Waals surface area (Å²) in [7, 11) is 0. The largest absolute Gasteiger partial charge is 0.361 e. The van der Waals surface area contributed by atoms with Crippen molar-refractivity contribution >= 4 is 28.4 Å². The summed E-state index contributed by atoms with van der Waals surface area (Å²) in [4.78, 5) is 15.9. The van der Waals surface area contributed by atoms with Gasteiger partial charge < -0.3 is 10.3 Å². The van der Waals surface area contributed by atoms with Gasteiger partial charge in [-0.15, -0.1) is 0 Å². The Hall–Kier alpha value is -3.04. The van der Waals surface area contributed by atoms with Crippen molar-refractivity contribution in [2.75, 3.05) is 6.54 Å². The molecule has 0 bridgehead atoms. The maximum atomic E-state index is 12.6. The lowest BCUT2D eigenvalue weighted by molar-refractivity contribution is -0.120. The summed E-state index contributed by atoms with van der Waals surface area (Å²) in [5, 5.41) is 4.90. The molecule has 0 fully saturated rings. The first-order chi connectivity index (χ1) is 13.7. The van der Waals surface area contributed by atoms with E-state index in [2.05, 4.69) is 34.6 Å². The Bertz CT molecular complexity index is 1090.